The monoisotopic (exact) mass is 410 g/mol. The molecule has 0 aliphatic rings. The number of hydrogen-bond donors (Lipinski definition) is 1. The molecule has 0 radical (unpaired) electrons. The third kappa shape index (κ3) is 3.09. The summed E-state index contributed by atoms with van der Waals surface area (Å²) in [6.45, 7) is 0. The minimum absolute atomic E-state index is 0.276. The van der Waals surface area contributed by atoms with Crippen molar-refractivity contribution in [2.24, 2.45) is 0 Å². The van der Waals surface area contributed by atoms with Gasteiger partial charge in [-0.3, -0.25) is 0 Å². The lowest BCUT2D eigenvalue weighted by Crippen LogP contribution is -1.95. The van der Waals surface area contributed by atoms with Gasteiger partial charge in [-0.15, -0.1) is 0 Å². The van der Waals surface area contributed by atoms with Gasteiger partial charge >= 0.3 is 0 Å². The van der Waals surface area contributed by atoms with Crippen molar-refractivity contribution in [1.82, 2.24) is 4.98 Å². The van der Waals surface area contributed by atoms with E-state index in [0.717, 1.165) is 4.47 Å². The summed E-state index contributed by atoms with van der Waals surface area (Å²) in [5.74, 6) is 0.671. The van der Waals surface area contributed by atoms with Crippen LogP contribution in [0, 0.1) is 0 Å². The van der Waals surface area contributed by atoms with Crippen molar-refractivity contribution in [3.05, 3.63) is 43.4 Å². The van der Waals surface area contributed by atoms with E-state index in [1.165, 1.54) is 0 Å². The number of nitrogens with two attached hydrogens (primary N) is 1. The van der Waals surface area contributed by atoms with E-state index >= 15 is 0 Å². The normalized spacial score (nSPS) is 10.4. The molecule has 0 bridgehead atoms. The van der Waals surface area contributed by atoms with E-state index in [-0.39, 0.29) is 5.88 Å². The number of ether oxygens (including phenoxy) is 1. The Kier molecular flexibility index (Phi) is 4.37. The summed E-state index contributed by atoms with van der Waals surface area (Å²) in [5.41, 5.74) is 6.19. The number of aromatic nitrogens is 1. The molecule has 18 heavy (non-hydrogen) atoms. The van der Waals surface area contributed by atoms with E-state index in [2.05, 4.69) is 36.8 Å². The smallest absolute Gasteiger partial charge is 0.242 e. The van der Waals surface area contributed by atoms with Gasteiger partial charge < -0.3 is 10.5 Å². The first-order chi connectivity index (χ1) is 8.47. The lowest BCUT2D eigenvalue weighted by Gasteiger charge is -2.10. The molecule has 1 heterocycles. The number of rotatable bonds is 2. The van der Waals surface area contributed by atoms with Gasteiger partial charge in [0, 0.05) is 21.2 Å². The van der Waals surface area contributed by atoms with Gasteiger partial charge in [0.15, 0.2) is 0 Å². The molecule has 0 amide bonds. The van der Waals surface area contributed by atoms with Crippen LogP contribution in [0.4, 0.5) is 5.69 Å². The highest BCUT2D eigenvalue weighted by Crippen LogP contribution is 2.37. The topological polar surface area (TPSA) is 48.1 Å². The fourth-order valence-electron chi connectivity index (χ4n) is 1.21. The van der Waals surface area contributed by atoms with Gasteiger partial charge in [0.2, 0.25) is 5.88 Å². The van der Waals surface area contributed by atoms with E-state index in [9.17, 15) is 0 Å². The van der Waals surface area contributed by atoms with Crippen LogP contribution < -0.4 is 10.5 Å². The highest BCUT2D eigenvalue weighted by Gasteiger charge is 2.10. The van der Waals surface area contributed by atoms with Crippen LogP contribution in [0.1, 0.15) is 0 Å². The Morgan fingerprint density at radius 2 is 1.83 bits per heavy atom. The number of halogens is 4. The number of hydrogen-bond acceptors (Lipinski definition) is 3. The maximum absolute atomic E-state index is 6.04. The Morgan fingerprint density at radius 3 is 2.50 bits per heavy atom. The van der Waals surface area contributed by atoms with E-state index in [4.69, 9.17) is 33.7 Å². The second-order valence-electron chi connectivity index (χ2n) is 3.35. The van der Waals surface area contributed by atoms with Crippen molar-refractivity contribution in [2.45, 2.75) is 0 Å². The molecule has 1 aromatic heterocycles. The summed E-state index contributed by atoms with van der Waals surface area (Å²) in [5, 5.41) is 0.903. The molecule has 2 rings (SSSR count). The molecular weight excluding hydrogens is 407 g/mol. The van der Waals surface area contributed by atoms with Gasteiger partial charge in [-0.05, 0) is 44.0 Å². The van der Waals surface area contributed by atoms with Gasteiger partial charge in [-0.1, -0.05) is 23.2 Å². The van der Waals surface area contributed by atoms with E-state index in [1.807, 2.05) is 0 Å². The molecule has 0 spiro atoms. The van der Waals surface area contributed by atoms with Crippen LogP contribution in [-0.4, -0.2) is 4.98 Å². The standard InChI is InChI=1S/C11H6Br2Cl2N2O/c12-5-1-9(16)11(17-4-5)18-10-3-7(14)6(13)2-8(10)15/h1-4H,16H2. The average Bonchev–Trinajstić information content (AvgIpc) is 2.29. The molecule has 0 aliphatic heterocycles. The van der Waals surface area contributed by atoms with Gasteiger partial charge in [0.25, 0.3) is 0 Å². The second-order valence-corrected chi connectivity index (χ2v) is 5.93. The van der Waals surface area contributed by atoms with Gasteiger partial charge in [-0.2, -0.15) is 0 Å². The van der Waals surface area contributed by atoms with Crippen molar-refractivity contribution in [1.29, 1.82) is 0 Å². The first-order valence-corrected chi connectivity index (χ1v) is 7.05. The largest absolute Gasteiger partial charge is 0.435 e. The average molecular weight is 413 g/mol. The molecule has 0 unspecified atom stereocenters. The number of nitrogens with zero attached hydrogens (tertiary/aromatic N) is 1. The second kappa shape index (κ2) is 5.65. The minimum Gasteiger partial charge on any atom is -0.435 e. The minimum atomic E-state index is 0.276. The summed E-state index contributed by atoms with van der Waals surface area (Å²) < 4.78 is 7.00. The van der Waals surface area contributed by atoms with E-state index < -0.39 is 0 Å². The zero-order valence-corrected chi connectivity index (χ0v) is 13.4. The molecule has 7 heteroatoms. The maximum Gasteiger partial charge on any atom is 0.242 e. The SMILES string of the molecule is Nc1cc(Br)cnc1Oc1cc(Cl)c(Br)cc1Cl. The molecule has 1 aromatic carbocycles. The quantitative estimate of drug-likeness (QED) is 0.682. The molecule has 3 nitrogen and oxygen atoms in total. The Bertz CT molecular complexity index is 608. The predicted molar refractivity (Wildman–Crippen MR) is 80.6 cm³/mol. The molecule has 0 atom stereocenters. The summed E-state index contributed by atoms with van der Waals surface area (Å²) in [4.78, 5) is 4.06. The van der Waals surface area contributed by atoms with Crippen molar-refractivity contribution in [3.63, 3.8) is 0 Å². The highest BCUT2D eigenvalue weighted by atomic mass is 79.9. The van der Waals surface area contributed by atoms with Crippen molar-refractivity contribution in [2.75, 3.05) is 5.73 Å². The van der Waals surface area contributed by atoms with Gasteiger partial charge in [0.1, 0.15) is 5.75 Å². The molecular formula is C11H6Br2Cl2N2O. The molecule has 94 valence electrons. The summed E-state index contributed by atoms with van der Waals surface area (Å²) in [6, 6.07) is 4.93. The zero-order valence-electron chi connectivity index (χ0n) is 8.75. The van der Waals surface area contributed by atoms with Crippen molar-refractivity contribution in [3.8, 4) is 11.6 Å². The number of benzene rings is 1. The van der Waals surface area contributed by atoms with Crippen LogP contribution in [0.5, 0.6) is 11.6 Å². The predicted octanol–water partition coefficient (Wildman–Crippen LogP) is 5.29. The van der Waals surface area contributed by atoms with Gasteiger partial charge in [0.05, 0.1) is 15.7 Å². The molecule has 2 N–H and O–H groups in total. The number of pyridine rings is 1. The first kappa shape index (κ1) is 13.9. The molecule has 0 fully saturated rings. The maximum atomic E-state index is 6.04. The van der Waals surface area contributed by atoms with Crippen molar-refractivity contribution < 1.29 is 4.74 Å². The summed E-state index contributed by atoms with van der Waals surface area (Å²) in [7, 11) is 0. The fraction of sp³-hybridized carbons (Fsp3) is 0. The third-order valence-corrected chi connectivity index (χ3v) is 3.95. The highest BCUT2D eigenvalue weighted by molar-refractivity contribution is 9.10. The summed E-state index contributed by atoms with van der Waals surface area (Å²) >= 11 is 18.6. The molecule has 0 saturated heterocycles. The molecule has 0 saturated carbocycles. The number of nitrogen functional groups attached to an aromatic ring is 1. The molecule has 2 aromatic rings. The molecule has 0 aliphatic carbocycles. The Morgan fingerprint density at radius 1 is 1.11 bits per heavy atom. The van der Waals surface area contributed by atoms with Crippen LogP contribution in [0.25, 0.3) is 0 Å². The van der Waals surface area contributed by atoms with E-state index in [0.29, 0.717) is 26.0 Å². The number of anilines is 1. The van der Waals surface area contributed by atoms with Crippen LogP contribution in [-0.2, 0) is 0 Å². The third-order valence-electron chi connectivity index (χ3n) is 2.03. The Hall–Kier alpha value is -0.490. The Balaban J connectivity index is 2.37. The van der Waals surface area contributed by atoms with Crippen LogP contribution >= 0.6 is 55.1 Å². The zero-order chi connectivity index (χ0) is 13.3. The van der Waals surface area contributed by atoms with Crippen LogP contribution in [0.3, 0.4) is 0 Å². The fourth-order valence-corrected chi connectivity index (χ4v) is 2.39. The first-order valence-electron chi connectivity index (χ1n) is 4.71. The Labute approximate surface area is 131 Å². The van der Waals surface area contributed by atoms with Crippen LogP contribution in [0.15, 0.2) is 33.3 Å². The van der Waals surface area contributed by atoms with Gasteiger partial charge in [-0.25, -0.2) is 4.98 Å². The van der Waals surface area contributed by atoms with Crippen LogP contribution in [0.2, 0.25) is 10.0 Å². The summed E-state index contributed by atoms with van der Waals surface area (Å²) in [6.07, 6.45) is 1.58. The lowest BCUT2D eigenvalue weighted by molar-refractivity contribution is 0.465. The lowest BCUT2D eigenvalue weighted by atomic mass is 10.3. The van der Waals surface area contributed by atoms with Crippen molar-refractivity contribution >= 4 is 60.7 Å². The van der Waals surface area contributed by atoms with E-state index in [1.54, 1.807) is 24.4 Å².